The van der Waals surface area contributed by atoms with Crippen molar-refractivity contribution in [2.24, 2.45) is 0 Å². The third kappa shape index (κ3) is 2.61. The van der Waals surface area contributed by atoms with E-state index in [0.29, 0.717) is 16.4 Å². The number of aromatic hydroxyl groups is 1. The van der Waals surface area contributed by atoms with Crippen LogP contribution in [-0.4, -0.2) is 23.0 Å². The van der Waals surface area contributed by atoms with Gasteiger partial charge in [0.1, 0.15) is 5.75 Å². The molecule has 19 heavy (non-hydrogen) atoms. The number of phenols is 1. The Bertz CT molecular complexity index is 631. The molecule has 1 heterocycles. The van der Waals surface area contributed by atoms with E-state index < -0.39 is 5.91 Å². The maximum atomic E-state index is 12.3. The molecule has 0 unspecified atom stereocenters. The van der Waals surface area contributed by atoms with Gasteiger partial charge in [-0.3, -0.25) is 9.78 Å². The maximum Gasteiger partial charge on any atom is 0.261 e. The number of nitrogens with two attached hydrogens (primary N) is 1. The van der Waals surface area contributed by atoms with E-state index in [1.807, 2.05) is 0 Å². The van der Waals surface area contributed by atoms with Crippen molar-refractivity contribution in [1.82, 2.24) is 4.98 Å². The Morgan fingerprint density at radius 2 is 2.16 bits per heavy atom. The Morgan fingerprint density at radius 1 is 1.42 bits per heavy atom. The number of anilines is 2. The van der Waals surface area contributed by atoms with Crippen LogP contribution in [0.15, 0.2) is 36.7 Å². The molecule has 0 spiro atoms. The van der Waals surface area contributed by atoms with Crippen molar-refractivity contribution in [1.29, 1.82) is 0 Å². The Balaban J connectivity index is 2.39. The van der Waals surface area contributed by atoms with Crippen LogP contribution in [0.2, 0.25) is 5.02 Å². The largest absolute Gasteiger partial charge is 0.507 e. The Hall–Kier alpha value is -2.27. The van der Waals surface area contributed by atoms with Crippen molar-refractivity contribution in [2.75, 3.05) is 17.7 Å². The van der Waals surface area contributed by atoms with Crippen molar-refractivity contribution >= 4 is 28.9 Å². The van der Waals surface area contributed by atoms with E-state index in [4.69, 9.17) is 17.3 Å². The number of nitrogens with zero attached hydrogens (tertiary/aromatic N) is 2. The summed E-state index contributed by atoms with van der Waals surface area (Å²) in [5, 5.41) is 10.1. The van der Waals surface area contributed by atoms with Crippen LogP contribution >= 0.6 is 11.6 Å². The Labute approximate surface area is 115 Å². The molecule has 0 fully saturated rings. The number of carbonyl (C=O) groups is 1. The lowest BCUT2D eigenvalue weighted by molar-refractivity contribution is 0.0990. The minimum atomic E-state index is -0.405. The fourth-order valence-electron chi connectivity index (χ4n) is 1.67. The number of carbonyl (C=O) groups excluding carboxylic acids is 1. The molecule has 0 saturated heterocycles. The van der Waals surface area contributed by atoms with Crippen molar-refractivity contribution in [3.05, 3.63) is 47.2 Å². The quantitative estimate of drug-likeness (QED) is 0.883. The zero-order valence-corrected chi connectivity index (χ0v) is 10.9. The normalized spacial score (nSPS) is 10.2. The number of hydrogen-bond acceptors (Lipinski definition) is 4. The average molecular weight is 278 g/mol. The molecule has 0 bridgehead atoms. The van der Waals surface area contributed by atoms with Gasteiger partial charge in [-0.05, 0) is 24.3 Å². The third-order valence-corrected chi connectivity index (χ3v) is 2.92. The van der Waals surface area contributed by atoms with Gasteiger partial charge in [-0.2, -0.15) is 0 Å². The number of benzene rings is 1. The highest BCUT2D eigenvalue weighted by molar-refractivity contribution is 6.31. The van der Waals surface area contributed by atoms with Gasteiger partial charge in [-0.1, -0.05) is 11.6 Å². The van der Waals surface area contributed by atoms with E-state index in [1.54, 1.807) is 13.1 Å². The molecule has 0 aliphatic carbocycles. The Morgan fingerprint density at radius 3 is 2.84 bits per heavy atom. The summed E-state index contributed by atoms with van der Waals surface area (Å²) in [6.07, 6.45) is 2.99. The molecule has 2 aromatic rings. The number of amides is 1. The first-order valence-electron chi connectivity index (χ1n) is 5.46. The van der Waals surface area contributed by atoms with E-state index in [2.05, 4.69) is 4.98 Å². The molecule has 2 rings (SSSR count). The van der Waals surface area contributed by atoms with Crippen LogP contribution < -0.4 is 10.6 Å². The van der Waals surface area contributed by atoms with Crippen LogP contribution in [0.1, 0.15) is 10.4 Å². The second kappa shape index (κ2) is 5.16. The van der Waals surface area contributed by atoms with Crippen molar-refractivity contribution < 1.29 is 9.90 Å². The number of nitrogen functional groups attached to an aromatic ring is 1. The molecule has 0 saturated carbocycles. The summed E-state index contributed by atoms with van der Waals surface area (Å²) in [6, 6.07) is 5.91. The first-order valence-corrected chi connectivity index (χ1v) is 5.84. The standard InChI is InChI=1S/C13H12ClN3O2/c1-17(11-4-5-16-7-10(11)15)13(19)9-6-8(14)2-3-12(9)18/h2-7,18H,15H2,1H3. The molecule has 98 valence electrons. The molecular formula is C13H12ClN3O2. The predicted molar refractivity (Wildman–Crippen MR) is 74.5 cm³/mol. The first kappa shape index (κ1) is 13.2. The van der Waals surface area contributed by atoms with Crippen LogP contribution in [0.4, 0.5) is 11.4 Å². The summed E-state index contributed by atoms with van der Waals surface area (Å²) in [7, 11) is 1.56. The fraction of sp³-hybridized carbons (Fsp3) is 0.0769. The van der Waals surface area contributed by atoms with Gasteiger partial charge in [-0.15, -0.1) is 0 Å². The number of pyridine rings is 1. The summed E-state index contributed by atoms with van der Waals surface area (Å²) in [4.78, 5) is 17.5. The molecule has 6 heteroatoms. The molecule has 3 N–H and O–H groups in total. The molecule has 0 aliphatic rings. The monoisotopic (exact) mass is 277 g/mol. The first-order chi connectivity index (χ1) is 9.00. The third-order valence-electron chi connectivity index (χ3n) is 2.68. The van der Waals surface area contributed by atoms with Crippen LogP contribution in [0.5, 0.6) is 5.75 Å². The number of phenolic OH excluding ortho intramolecular Hbond substituents is 1. The SMILES string of the molecule is CN(C(=O)c1cc(Cl)ccc1O)c1ccncc1N. The molecule has 0 radical (unpaired) electrons. The van der Waals surface area contributed by atoms with Crippen LogP contribution in [0.3, 0.4) is 0 Å². The second-order valence-electron chi connectivity index (χ2n) is 3.96. The number of halogens is 1. The van der Waals surface area contributed by atoms with Gasteiger partial charge < -0.3 is 15.7 Å². The van der Waals surface area contributed by atoms with Crippen LogP contribution in [-0.2, 0) is 0 Å². The minimum Gasteiger partial charge on any atom is -0.507 e. The smallest absolute Gasteiger partial charge is 0.261 e. The maximum absolute atomic E-state index is 12.3. The lowest BCUT2D eigenvalue weighted by atomic mass is 10.1. The Kier molecular flexibility index (Phi) is 3.57. The highest BCUT2D eigenvalue weighted by Gasteiger charge is 2.19. The second-order valence-corrected chi connectivity index (χ2v) is 4.40. The summed E-state index contributed by atoms with van der Waals surface area (Å²) < 4.78 is 0. The number of aromatic nitrogens is 1. The molecule has 0 atom stereocenters. The van der Waals surface area contributed by atoms with Crippen molar-refractivity contribution in [3.8, 4) is 5.75 Å². The molecule has 0 aliphatic heterocycles. The summed E-state index contributed by atoms with van der Waals surface area (Å²) >= 11 is 5.83. The van der Waals surface area contributed by atoms with E-state index in [9.17, 15) is 9.90 Å². The molecule has 1 amide bonds. The van der Waals surface area contributed by atoms with Crippen molar-refractivity contribution in [3.63, 3.8) is 0 Å². The number of hydrogen-bond donors (Lipinski definition) is 2. The minimum absolute atomic E-state index is 0.117. The van der Waals surface area contributed by atoms with E-state index in [1.165, 1.54) is 35.5 Å². The zero-order valence-electron chi connectivity index (χ0n) is 10.2. The van der Waals surface area contributed by atoms with Gasteiger partial charge in [-0.25, -0.2) is 0 Å². The summed E-state index contributed by atoms with van der Waals surface area (Å²) in [5.74, 6) is -0.535. The lowest BCUT2D eigenvalue weighted by Crippen LogP contribution is -2.27. The van der Waals surface area contributed by atoms with Crippen LogP contribution in [0.25, 0.3) is 0 Å². The summed E-state index contributed by atoms with van der Waals surface area (Å²) in [5.41, 5.74) is 6.77. The highest BCUT2D eigenvalue weighted by atomic mass is 35.5. The molecule has 1 aromatic carbocycles. The van der Waals surface area contributed by atoms with Gasteiger partial charge in [0.2, 0.25) is 0 Å². The van der Waals surface area contributed by atoms with Gasteiger partial charge in [0.25, 0.3) is 5.91 Å². The molecule has 5 nitrogen and oxygen atoms in total. The predicted octanol–water partition coefficient (Wildman–Crippen LogP) is 2.30. The van der Waals surface area contributed by atoms with Gasteiger partial charge in [0.15, 0.2) is 0 Å². The molecule has 1 aromatic heterocycles. The number of rotatable bonds is 2. The van der Waals surface area contributed by atoms with Gasteiger partial charge >= 0.3 is 0 Å². The average Bonchev–Trinajstić information content (AvgIpc) is 2.40. The topological polar surface area (TPSA) is 79.5 Å². The van der Waals surface area contributed by atoms with E-state index in [0.717, 1.165) is 0 Å². The summed E-state index contributed by atoms with van der Waals surface area (Å²) in [6.45, 7) is 0. The molecular weight excluding hydrogens is 266 g/mol. The van der Waals surface area contributed by atoms with E-state index >= 15 is 0 Å². The van der Waals surface area contributed by atoms with Gasteiger partial charge in [0, 0.05) is 18.3 Å². The van der Waals surface area contributed by atoms with Gasteiger partial charge in [0.05, 0.1) is 23.1 Å². The zero-order chi connectivity index (χ0) is 14.0. The van der Waals surface area contributed by atoms with Crippen LogP contribution in [0, 0.1) is 0 Å². The highest BCUT2D eigenvalue weighted by Crippen LogP contribution is 2.26. The van der Waals surface area contributed by atoms with E-state index in [-0.39, 0.29) is 11.3 Å². The lowest BCUT2D eigenvalue weighted by Gasteiger charge is -2.19. The fourth-order valence-corrected chi connectivity index (χ4v) is 1.85. The van der Waals surface area contributed by atoms with Crippen molar-refractivity contribution in [2.45, 2.75) is 0 Å².